The maximum absolute atomic E-state index is 11.3. The zero-order valence-corrected chi connectivity index (χ0v) is 17.2. The number of carbonyl (C=O) groups excluding carboxylic acids is 3. The van der Waals surface area contributed by atoms with Crippen LogP contribution in [0, 0.1) is 0 Å². The summed E-state index contributed by atoms with van der Waals surface area (Å²) < 4.78 is 101. The number of ketones is 3. The molecule has 0 aliphatic carbocycles. The van der Waals surface area contributed by atoms with Crippen molar-refractivity contribution in [3.05, 3.63) is 35.5 Å². The first-order valence-electron chi connectivity index (χ1n) is 6.91. The molecule has 0 atom stereocenters. The molecule has 0 aliphatic rings. The van der Waals surface area contributed by atoms with Gasteiger partial charge in [-0.2, -0.15) is 39.5 Å². The minimum absolute atomic E-state index is 0. The van der Waals surface area contributed by atoms with Crippen molar-refractivity contribution in [2.45, 2.75) is 39.3 Å². The van der Waals surface area contributed by atoms with E-state index in [-0.39, 0.29) is 37.7 Å². The van der Waals surface area contributed by atoms with Crippen molar-refractivity contribution in [1.29, 1.82) is 0 Å². The fourth-order valence-electron chi connectivity index (χ4n) is 0.799. The Morgan fingerprint density at radius 3 is 0.677 bits per heavy atom. The first-order chi connectivity index (χ1) is 13.0. The average Bonchev–Trinajstić information content (AvgIpc) is 2.43. The predicted molar refractivity (Wildman–Crippen MR) is 74.5 cm³/mol. The third-order valence-corrected chi connectivity index (χ3v) is 1.84. The van der Waals surface area contributed by atoms with E-state index in [4.69, 9.17) is 0 Å². The van der Waals surface area contributed by atoms with Crippen LogP contribution in [-0.2, 0) is 33.9 Å². The number of carbonyl (C=O) groups is 3. The molecule has 0 rings (SSSR count). The molecule has 0 N–H and O–H groups in total. The molecular formula is C15H12F9O6Ru. The predicted octanol–water partition coefficient (Wildman–Crippen LogP) is 1.14. The number of halogens is 9. The van der Waals surface area contributed by atoms with Gasteiger partial charge in [0.1, 0.15) is 0 Å². The molecule has 179 valence electrons. The molecule has 0 bridgehead atoms. The smallest absolute Gasteiger partial charge is 0.869 e. The van der Waals surface area contributed by atoms with Gasteiger partial charge in [-0.05, 0) is 56.3 Å². The minimum Gasteiger partial charge on any atom is -0.869 e. The Morgan fingerprint density at radius 2 is 0.645 bits per heavy atom. The zero-order valence-electron chi connectivity index (χ0n) is 15.4. The topological polar surface area (TPSA) is 120 Å². The van der Waals surface area contributed by atoms with Crippen molar-refractivity contribution in [3.63, 3.8) is 0 Å². The van der Waals surface area contributed by atoms with Crippen LogP contribution in [0.5, 0.6) is 0 Å². The maximum atomic E-state index is 11.3. The summed E-state index contributed by atoms with van der Waals surface area (Å²) in [7, 11) is 0. The number of alkyl halides is 9. The van der Waals surface area contributed by atoms with E-state index in [1.807, 2.05) is 0 Å². The van der Waals surface area contributed by atoms with Crippen LogP contribution in [0.3, 0.4) is 0 Å². The summed E-state index contributed by atoms with van der Waals surface area (Å²) >= 11 is 0. The molecule has 0 aromatic rings. The van der Waals surface area contributed by atoms with Gasteiger partial charge in [-0.15, -0.1) is 0 Å². The molecule has 0 aromatic carbocycles. The van der Waals surface area contributed by atoms with E-state index < -0.39 is 53.2 Å². The normalized spacial score (nSPS) is 13.0. The average molecular weight is 560 g/mol. The van der Waals surface area contributed by atoms with Crippen LogP contribution >= 0.6 is 0 Å². The number of hydrogen-bond donors (Lipinski definition) is 0. The van der Waals surface area contributed by atoms with Gasteiger partial charge in [0.2, 0.25) is 0 Å². The summed E-state index contributed by atoms with van der Waals surface area (Å²) in [6.07, 6.45) is -14.7. The van der Waals surface area contributed by atoms with Gasteiger partial charge in [0.05, 0.1) is 0 Å². The number of hydrogen-bond acceptors (Lipinski definition) is 6. The summed E-state index contributed by atoms with van der Waals surface area (Å²) in [6.45, 7) is 2.64. The van der Waals surface area contributed by atoms with Gasteiger partial charge >= 0.3 is 38.0 Å². The van der Waals surface area contributed by atoms with Crippen LogP contribution in [0.25, 0.3) is 0 Å². The van der Waals surface area contributed by atoms with E-state index in [2.05, 4.69) is 0 Å². The van der Waals surface area contributed by atoms with Crippen LogP contribution in [0.4, 0.5) is 39.5 Å². The molecule has 31 heavy (non-hydrogen) atoms. The molecule has 1 radical (unpaired) electrons. The van der Waals surface area contributed by atoms with E-state index in [9.17, 15) is 69.2 Å². The molecule has 6 nitrogen and oxygen atoms in total. The molecule has 0 unspecified atom stereocenters. The fourth-order valence-corrected chi connectivity index (χ4v) is 0.799. The molecule has 0 aromatic heterocycles. The minimum atomic E-state index is -4.92. The van der Waals surface area contributed by atoms with Crippen molar-refractivity contribution in [2.24, 2.45) is 0 Å². The molecule has 0 saturated heterocycles. The van der Waals surface area contributed by atoms with E-state index in [1.165, 1.54) is 0 Å². The third-order valence-electron chi connectivity index (χ3n) is 1.84. The summed E-state index contributed by atoms with van der Waals surface area (Å²) in [5, 5.41) is 29.6. The summed E-state index contributed by atoms with van der Waals surface area (Å²) in [5.41, 5.74) is 0. The number of allylic oxidation sites excluding steroid dienone is 6. The second-order valence-electron chi connectivity index (χ2n) is 4.85. The van der Waals surface area contributed by atoms with Crippen molar-refractivity contribution in [3.8, 4) is 0 Å². The van der Waals surface area contributed by atoms with Crippen LogP contribution in [-0.4, -0.2) is 35.9 Å². The van der Waals surface area contributed by atoms with Crippen LogP contribution in [0.1, 0.15) is 20.8 Å². The molecular weight excluding hydrogens is 548 g/mol. The van der Waals surface area contributed by atoms with Crippen molar-refractivity contribution < 1.29 is 88.7 Å². The molecule has 0 saturated carbocycles. The second kappa shape index (κ2) is 14.6. The second-order valence-corrected chi connectivity index (χ2v) is 4.85. The molecule has 0 fully saturated rings. The molecule has 16 heteroatoms. The molecule has 0 heterocycles. The first kappa shape index (κ1) is 36.0. The van der Waals surface area contributed by atoms with Crippen LogP contribution in [0.2, 0.25) is 0 Å². The summed E-state index contributed by atoms with van der Waals surface area (Å²) in [4.78, 5) is 29.8. The SMILES string of the molecule is CC(=O)C=C([O-])C(F)(F)F.CC(=O)C=C([O-])C(F)(F)F.CC(=O)C=C([O-])C(F)(F)F.[Ru+3]. The zero-order chi connectivity index (χ0) is 25.1. The molecule has 0 spiro atoms. The van der Waals surface area contributed by atoms with E-state index in [0.717, 1.165) is 20.8 Å². The van der Waals surface area contributed by atoms with Crippen LogP contribution in [0.15, 0.2) is 35.5 Å². The van der Waals surface area contributed by atoms with Crippen molar-refractivity contribution in [2.75, 3.05) is 0 Å². The summed E-state index contributed by atoms with van der Waals surface area (Å²) in [6, 6.07) is 0. The Balaban J connectivity index is -0.000000174. The monoisotopic (exact) mass is 561 g/mol. The Kier molecular flexibility index (Phi) is 17.0. The van der Waals surface area contributed by atoms with E-state index in [0.29, 0.717) is 0 Å². The van der Waals surface area contributed by atoms with Crippen molar-refractivity contribution in [1.82, 2.24) is 0 Å². The third kappa shape index (κ3) is 23.8. The maximum Gasteiger partial charge on any atom is 3.00 e. The Morgan fingerprint density at radius 1 is 0.516 bits per heavy atom. The molecule has 0 amide bonds. The largest absolute Gasteiger partial charge is 3.00 e. The quantitative estimate of drug-likeness (QED) is 0.221. The standard InChI is InChI=1S/3C5H5F3O2.Ru/c3*1-3(9)2-4(10)5(6,7)8;/h3*2,10H,1H3;/q;;;+3/p-3. The number of rotatable bonds is 3. The van der Waals surface area contributed by atoms with Gasteiger partial charge in [-0.1, -0.05) is 0 Å². The summed E-state index contributed by atoms with van der Waals surface area (Å²) in [5.74, 6) is -9.04. The van der Waals surface area contributed by atoms with Gasteiger partial charge < -0.3 is 15.3 Å². The fraction of sp³-hybridized carbons (Fsp3) is 0.400. The Labute approximate surface area is 181 Å². The van der Waals surface area contributed by atoms with Crippen molar-refractivity contribution >= 4 is 17.3 Å². The van der Waals surface area contributed by atoms with Gasteiger partial charge in [0, 0.05) is 0 Å². The van der Waals surface area contributed by atoms with Gasteiger partial charge in [-0.25, -0.2) is 0 Å². The first-order valence-corrected chi connectivity index (χ1v) is 6.91. The van der Waals surface area contributed by atoms with E-state index in [1.54, 1.807) is 0 Å². The Hall–Kier alpha value is -2.38. The Bertz CT molecular complexity index is 606. The molecule has 0 aliphatic heterocycles. The van der Waals surface area contributed by atoms with Gasteiger partial charge in [-0.3, -0.25) is 14.4 Å². The van der Waals surface area contributed by atoms with Crippen LogP contribution < -0.4 is 15.3 Å². The van der Waals surface area contributed by atoms with E-state index >= 15 is 0 Å². The van der Waals surface area contributed by atoms with Gasteiger partial charge in [0.15, 0.2) is 17.3 Å². The van der Waals surface area contributed by atoms with Gasteiger partial charge in [0.25, 0.3) is 0 Å².